The number of methoxy groups -OCH3 is 3. The second-order valence-electron chi connectivity index (χ2n) is 7.24. The predicted molar refractivity (Wildman–Crippen MR) is 126 cm³/mol. The Balaban J connectivity index is 1.57. The van der Waals surface area contributed by atoms with E-state index in [1.165, 1.54) is 0 Å². The first-order chi connectivity index (χ1) is 16.2. The zero-order chi connectivity index (χ0) is 22.8. The summed E-state index contributed by atoms with van der Waals surface area (Å²) in [5.74, 6) is 1.58. The summed E-state index contributed by atoms with van der Waals surface area (Å²) in [5, 5.41) is 10.2. The fourth-order valence-corrected chi connectivity index (χ4v) is 3.86. The molecule has 0 fully saturated rings. The maximum atomic E-state index is 6.17. The van der Waals surface area contributed by atoms with Crippen LogP contribution in [0.2, 0.25) is 0 Å². The number of rotatable bonds is 7. The van der Waals surface area contributed by atoms with Crippen molar-refractivity contribution in [2.24, 2.45) is 0 Å². The zero-order valence-electron chi connectivity index (χ0n) is 18.4. The number of ether oxygens (including phenoxy) is 3. The lowest BCUT2D eigenvalue weighted by molar-refractivity contribution is 0.324. The molecule has 0 aliphatic carbocycles. The molecule has 33 heavy (non-hydrogen) atoms. The number of aromatic nitrogens is 3. The molecular formula is C25H22N4O4. The van der Waals surface area contributed by atoms with Crippen molar-refractivity contribution in [2.45, 2.75) is 0 Å². The lowest BCUT2D eigenvalue weighted by atomic mass is 9.96. The summed E-state index contributed by atoms with van der Waals surface area (Å²) in [6.07, 6.45) is 3.67. The lowest BCUT2D eigenvalue weighted by Crippen LogP contribution is -1.97. The Bertz CT molecular complexity index is 1380. The summed E-state index contributed by atoms with van der Waals surface area (Å²) in [7, 11) is 4.71. The molecule has 166 valence electrons. The van der Waals surface area contributed by atoms with E-state index in [1.54, 1.807) is 39.7 Å². The summed E-state index contributed by atoms with van der Waals surface area (Å²) in [5.41, 5.74) is 6.13. The molecule has 0 bridgehead atoms. The molecule has 2 N–H and O–H groups in total. The van der Waals surface area contributed by atoms with E-state index < -0.39 is 0 Å². The fourth-order valence-electron chi connectivity index (χ4n) is 3.86. The average molecular weight is 442 g/mol. The number of fused-ring (bicyclic) bond motifs is 1. The van der Waals surface area contributed by atoms with Crippen LogP contribution >= 0.6 is 0 Å². The van der Waals surface area contributed by atoms with Gasteiger partial charge in [0.25, 0.3) is 6.01 Å². The second kappa shape index (κ2) is 8.58. The number of aromatic amines is 1. The van der Waals surface area contributed by atoms with Gasteiger partial charge in [0.1, 0.15) is 5.52 Å². The summed E-state index contributed by atoms with van der Waals surface area (Å²) >= 11 is 0. The number of hydrogen-bond donors (Lipinski definition) is 2. The average Bonchev–Trinajstić information content (AvgIpc) is 3.53. The van der Waals surface area contributed by atoms with Gasteiger partial charge in [-0.3, -0.25) is 5.10 Å². The molecule has 0 saturated carbocycles. The quantitative estimate of drug-likeness (QED) is 0.336. The lowest BCUT2D eigenvalue weighted by Gasteiger charge is -2.14. The first-order valence-electron chi connectivity index (χ1n) is 10.3. The van der Waals surface area contributed by atoms with Gasteiger partial charge in [0.2, 0.25) is 5.75 Å². The topological polar surface area (TPSA) is 94.4 Å². The van der Waals surface area contributed by atoms with Crippen molar-refractivity contribution >= 4 is 22.8 Å². The highest BCUT2D eigenvalue weighted by molar-refractivity contribution is 5.96. The highest BCUT2D eigenvalue weighted by Crippen LogP contribution is 2.41. The molecule has 0 saturated heterocycles. The molecule has 0 unspecified atom stereocenters. The standard InChI is InChI=1S/C25H22N4O4/c1-30-21-11-16(12-22(31-2)24(21)32-3)28-25-29-20-10-6-9-19(23(20)33-25)18-8-5-4-7-17(18)15-13-26-27-14-15/h4-14H,1-3H3,(H,26,27)(H,28,29). The van der Waals surface area contributed by atoms with Crippen LogP contribution in [-0.4, -0.2) is 36.5 Å². The second-order valence-corrected chi connectivity index (χ2v) is 7.24. The third-order valence-corrected chi connectivity index (χ3v) is 5.36. The monoisotopic (exact) mass is 442 g/mol. The van der Waals surface area contributed by atoms with Crippen LogP contribution in [0.1, 0.15) is 0 Å². The van der Waals surface area contributed by atoms with Crippen molar-refractivity contribution in [3.8, 4) is 39.5 Å². The van der Waals surface area contributed by atoms with Crippen molar-refractivity contribution in [1.29, 1.82) is 0 Å². The van der Waals surface area contributed by atoms with Gasteiger partial charge in [0, 0.05) is 35.1 Å². The summed E-state index contributed by atoms with van der Waals surface area (Å²) < 4.78 is 22.4. The van der Waals surface area contributed by atoms with Gasteiger partial charge in [0.05, 0.1) is 27.5 Å². The maximum Gasteiger partial charge on any atom is 0.300 e. The van der Waals surface area contributed by atoms with Crippen molar-refractivity contribution in [3.63, 3.8) is 0 Å². The van der Waals surface area contributed by atoms with E-state index in [2.05, 4.69) is 32.6 Å². The van der Waals surface area contributed by atoms with Gasteiger partial charge in [-0.2, -0.15) is 10.1 Å². The Morgan fingerprint density at radius 1 is 0.848 bits per heavy atom. The Hall–Kier alpha value is -4.46. The van der Waals surface area contributed by atoms with Crippen LogP contribution in [0.15, 0.2) is 71.4 Å². The van der Waals surface area contributed by atoms with E-state index in [-0.39, 0.29) is 0 Å². The Morgan fingerprint density at radius 2 is 1.58 bits per heavy atom. The third kappa shape index (κ3) is 3.71. The Labute approximate surface area is 190 Å². The summed E-state index contributed by atoms with van der Waals surface area (Å²) in [6.45, 7) is 0. The highest BCUT2D eigenvalue weighted by atomic mass is 16.5. The molecule has 5 aromatic rings. The van der Waals surface area contributed by atoms with Gasteiger partial charge >= 0.3 is 0 Å². The SMILES string of the molecule is COc1cc(Nc2nc3cccc(-c4ccccc4-c4cn[nH]c4)c3o2)cc(OC)c1OC. The normalized spacial score (nSPS) is 10.9. The number of anilines is 2. The molecule has 0 amide bonds. The van der Waals surface area contributed by atoms with Crippen LogP contribution in [0.25, 0.3) is 33.4 Å². The minimum absolute atomic E-state index is 0.354. The number of nitrogens with zero attached hydrogens (tertiary/aromatic N) is 2. The molecule has 3 aromatic carbocycles. The van der Waals surface area contributed by atoms with E-state index in [9.17, 15) is 0 Å². The van der Waals surface area contributed by atoms with Crippen LogP contribution in [0, 0.1) is 0 Å². The molecule has 5 rings (SSSR count). The van der Waals surface area contributed by atoms with Crippen molar-refractivity contribution < 1.29 is 18.6 Å². The summed E-state index contributed by atoms with van der Waals surface area (Å²) in [6, 6.07) is 18.0. The van der Waals surface area contributed by atoms with E-state index in [1.807, 2.05) is 36.5 Å². The summed E-state index contributed by atoms with van der Waals surface area (Å²) in [4.78, 5) is 4.63. The first-order valence-corrected chi connectivity index (χ1v) is 10.3. The molecule has 0 aliphatic heterocycles. The maximum absolute atomic E-state index is 6.17. The van der Waals surface area contributed by atoms with E-state index in [0.29, 0.717) is 34.5 Å². The Kier molecular flexibility index (Phi) is 5.32. The molecule has 0 aliphatic rings. The minimum Gasteiger partial charge on any atom is -0.493 e. The highest BCUT2D eigenvalue weighted by Gasteiger charge is 2.17. The van der Waals surface area contributed by atoms with Crippen molar-refractivity contribution in [3.05, 3.63) is 67.0 Å². The largest absolute Gasteiger partial charge is 0.493 e. The van der Waals surface area contributed by atoms with Crippen LogP contribution in [0.5, 0.6) is 17.2 Å². The third-order valence-electron chi connectivity index (χ3n) is 5.36. The van der Waals surface area contributed by atoms with E-state index >= 15 is 0 Å². The van der Waals surface area contributed by atoms with Crippen LogP contribution < -0.4 is 19.5 Å². The van der Waals surface area contributed by atoms with Crippen molar-refractivity contribution in [1.82, 2.24) is 15.2 Å². The van der Waals surface area contributed by atoms with Crippen LogP contribution in [0.4, 0.5) is 11.7 Å². The predicted octanol–water partition coefficient (Wildman–Crippen LogP) is 5.65. The van der Waals surface area contributed by atoms with Gasteiger partial charge in [-0.15, -0.1) is 0 Å². The van der Waals surface area contributed by atoms with Gasteiger partial charge in [-0.05, 0) is 17.2 Å². The number of oxazole rings is 1. The van der Waals surface area contributed by atoms with Gasteiger partial charge in [0.15, 0.2) is 17.1 Å². The van der Waals surface area contributed by atoms with Gasteiger partial charge in [-0.25, -0.2) is 0 Å². The molecule has 2 aromatic heterocycles. The smallest absolute Gasteiger partial charge is 0.300 e. The molecule has 0 radical (unpaired) electrons. The van der Waals surface area contributed by atoms with Crippen LogP contribution in [0.3, 0.4) is 0 Å². The number of para-hydroxylation sites is 1. The molecule has 0 spiro atoms. The zero-order valence-corrected chi connectivity index (χ0v) is 18.4. The van der Waals surface area contributed by atoms with E-state index in [4.69, 9.17) is 18.6 Å². The van der Waals surface area contributed by atoms with Crippen molar-refractivity contribution in [2.75, 3.05) is 26.6 Å². The van der Waals surface area contributed by atoms with Gasteiger partial charge < -0.3 is 23.9 Å². The molecule has 0 atom stereocenters. The van der Waals surface area contributed by atoms with Gasteiger partial charge in [-0.1, -0.05) is 36.4 Å². The molecule has 8 heteroatoms. The Morgan fingerprint density at radius 3 is 2.24 bits per heavy atom. The fraction of sp³-hybridized carbons (Fsp3) is 0.120. The number of hydrogen-bond acceptors (Lipinski definition) is 7. The first kappa shape index (κ1) is 20.4. The number of benzene rings is 3. The molecule has 2 heterocycles. The minimum atomic E-state index is 0.354. The van der Waals surface area contributed by atoms with Crippen LogP contribution in [-0.2, 0) is 0 Å². The van der Waals surface area contributed by atoms with E-state index in [0.717, 1.165) is 27.8 Å². The number of H-pyrrole nitrogens is 1. The molecule has 8 nitrogen and oxygen atoms in total. The number of nitrogens with one attached hydrogen (secondary N) is 2. The molecular weight excluding hydrogens is 420 g/mol.